The van der Waals surface area contributed by atoms with Gasteiger partial charge in [-0.15, -0.1) is 0 Å². The molecule has 0 bridgehead atoms. The van der Waals surface area contributed by atoms with Gasteiger partial charge in [0.25, 0.3) is 0 Å². The second-order valence-corrected chi connectivity index (χ2v) is 5.07. The molecule has 1 fully saturated rings. The van der Waals surface area contributed by atoms with Crippen LogP contribution in [0.25, 0.3) is 11.4 Å². The van der Waals surface area contributed by atoms with Gasteiger partial charge in [-0.05, 0) is 19.8 Å². The van der Waals surface area contributed by atoms with Crippen LogP contribution in [-0.4, -0.2) is 21.7 Å². The molecule has 1 aromatic carbocycles. The SMILES string of the molecule is Cc1ccc(-c2noc(=O)n2CC(=O)NC2CC2)cc1. The monoisotopic (exact) mass is 273 g/mol. The van der Waals surface area contributed by atoms with E-state index in [9.17, 15) is 9.59 Å². The first-order valence-corrected chi connectivity index (χ1v) is 6.56. The predicted octanol–water partition coefficient (Wildman–Crippen LogP) is 1.09. The summed E-state index contributed by atoms with van der Waals surface area (Å²) >= 11 is 0. The summed E-state index contributed by atoms with van der Waals surface area (Å²) < 4.78 is 5.93. The van der Waals surface area contributed by atoms with E-state index in [2.05, 4.69) is 15.0 Å². The van der Waals surface area contributed by atoms with Crippen molar-refractivity contribution in [3.8, 4) is 11.4 Å². The molecular formula is C14H15N3O3. The highest BCUT2D eigenvalue weighted by Crippen LogP contribution is 2.19. The second-order valence-electron chi connectivity index (χ2n) is 5.07. The van der Waals surface area contributed by atoms with Crippen LogP contribution in [0, 0.1) is 6.92 Å². The number of carbonyl (C=O) groups is 1. The highest BCUT2D eigenvalue weighted by molar-refractivity contribution is 5.77. The Morgan fingerprint density at radius 3 is 2.75 bits per heavy atom. The number of hydrogen-bond acceptors (Lipinski definition) is 4. The molecule has 0 unspecified atom stereocenters. The van der Waals surface area contributed by atoms with E-state index >= 15 is 0 Å². The molecule has 20 heavy (non-hydrogen) atoms. The molecule has 1 saturated carbocycles. The summed E-state index contributed by atoms with van der Waals surface area (Å²) in [6, 6.07) is 7.80. The zero-order chi connectivity index (χ0) is 14.1. The van der Waals surface area contributed by atoms with E-state index < -0.39 is 5.76 Å². The average molecular weight is 273 g/mol. The van der Waals surface area contributed by atoms with Gasteiger partial charge in [-0.25, -0.2) is 9.36 Å². The number of nitrogens with one attached hydrogen (secondary N) is 1. The summed E-state index contributed by atoms with van der Waals surface area (Å²) in [5.41, 5.74) is 1.86. The fourth-order valence-corrected chi connectivity index (χ4v) is 1.96. The van der Waals surface area contributed by atoms with Gasteiger partial charge in [0.1, 0.15) is 6.54 Å². The quantitative estimate of drug-likeness (QED) is 0.904. The van der Waals surface area contributed by atoms with Crippen molar-refractivity contribution in [1.29, 1.82) is 0 Å². The minimum absolute atomic E-state index is 0.0674. The topological polar surface area (TPSA) is 77.1 Å². The van der Waals surface area contributed by atoms with Crippen molar-refractivity contribution in [2.45, 2.75) is 32.4 Å². The number of carbonyl (C=O) groups excluding carboxylic acids is 1. The Kier molecular flexibility index (Phi) is 3.14. The first-order chi connectivity index (χ1) is 9.63. The molecule has 0 radical (unpaired) electrons. The van der Waals surface area contributed by atoms with Gasteiger partial charge in [0.05, 0.1) is 0 Å². The van der Waals surface area contributed by atoms with Crippen molar-refractivity contribution < 1.29 is 9.32 Å². The molecule has 1 aliphatic rings. The molecular weight excluding hydrogens is 258 g/mol. The first-order valence-electron chi connectivity index (χ1n) is 6.56. The third-order valence-corrected chi connectivity index (χ3v) is 3.24. The molecule has 0 spiro atoms. The zero-order valence-electron chi connectivity index (χ0n) is 11.1. The largest absolute Gasteiger partial charge is 0.442 e. The van der Waals surface area contributed by atoms with E-state index in [-0.39, 0.29) is 18.5 Å². The van der Waals surface area contributed by atoms with Crippen LogP contribution >= 0.6 is 0 Å². The van der Waals surface area contributed by atoms with Crippen molar-refractivity contribution in [3.05, 3.63) is 40.4 Å². The molecule has 1 aliphatic carbocycles. The van der Waals surface area contributed by atoms with Gasteiger partial charge >= 0.3 is 5.76 Å². The van der Waals surface area contributed by atoms with E-state index in [0.29, 0.717) is 5.82 Å². The maximum atomic E-state index is 11.8. The van der Waals surface area contributed by atoms with Crippen molar-refractivity contribution in [1.82, 2.24) is 15.0 Å². The summed E-state index contributed by atoms with van der Waals surface area (Å²) in [5, 5.41) is 6.60. The van der Waals surface area contributed by atoms with Crippen LogP contribution in [0.2, 0.25) is 0 Å². The lowest BCUT2D eigenvalue weighted by molar-refractivity contribution is -0.121. The fourth-order valence-electron chi connectivity index (χ4n) is 1.96. The van der Waals surface area contributed by atoms with Crippen LogP contribution < -0.4 is 11.1 Å². The fraction of sp³-hybridized carbons (Fsp3) is 0.357. The van der Waals surface area contributed by atoms with Gasteiger partial charge in [-0.3, -0.25) is 9.32 Å². The lowest BCUT2D eigenvalue weighted by Crippen LogP contribution is -2.32. The molecule has 1 N–H and O–H groups in total. The number of nitrogens with zero attached hydrogens (tertiary/aromatic N) is 2. The molecule has 104 valence electrons. The number of hydrogen-bond donors (Lipinski definition) is 1. The lowest BCUT2D eigenvalue weighted by atomic mass is 10.1. The Morgan fingerprint density at radius 1 is 1.40 bits per heavy atom. The normalized spacial score (nSPS) is 14.2. The standard InChI is InChI=1S/C14H15N3O3/c1-9-2-4-10(5-3-9)13-16-20-14(19)17(13)8-12(18)15-11-6-7-11/h2-5,11H,6-8H2,1H3,(H,15,18). The van der Waals surface area contributed by atoms with Gasteiger partial charge in [-0.1, -0.05) is 35.0 Å². The lowest BCUT2D eigenvalue weighted by Gasteiger charge is -2.05. The Labute approximate surface area is 115 Å². The Hall–Kier alpha value is -2.37. The summed E-state index contributed by atoms with van der Waals surface area (Å²) in [5.74, 6) is -0.432. The van der Waals surface area contributed by atoms with Gasteiger partial charge < -0.3 is 5.32 Å². The molecule has 0 saturated heterocycles. The van der Waals surface area contributed by atoms with E-state index in [4.69, 9.17) is 0 Å². The second kappa shape index (κ2) is 4.96. The summed E-state index contributed by atoms with van der Waals surface area (Å²) in [7, 11) is 0. The van der Waals surface area contributed by atoms with Gasteiger partial charge in [0.2, 0.25) is 5.91 Å². The molecule has 6 heteroatoms. The molecule has 6 nitrogen and oxygen atoms in total. The van der Waals surface area contributed by atoms with Crippen LogP contribution in [0.1, 0.15) is 18.4 Å². The molecule has 0 atom stereocenters. The minimum Gasteiger partial charge on any atom is -0.352 e. The third kappa shape index (κ3) is 2.64. The van der Waals surface area contributed by atoms with E-state index in [1.54, 1.807) is 0 Å². The highest BCUT2D eigenvalue weighted by Gasteiger charge is 2.24. The molecule has 0 aliphatic heterocycles. The Morgan fingerprint density at radius 2 is 2.10 bits per heavy atom. The average Bonchev–Trinajstić information content (AvgIpc) is 3.16. The van der Waals surface area contributed by atoms with Crippen molar-refractivity contribution >= 4 is 5.91 Å². The molecule has 3 rings (SSSR count). The number of benzene rings is 1. The van der Waals surface area contributed by atoms with Crippen LogP contribution in [0.15, 0.2) is 33.6 Å². The smallest absolute Gasteiger partial charge is 0.352 e. The van der Waals surface area contributed by atoms with Crippen LogP contribution in [0.4, 0.5) is 0 Å². The van der Waals surface area contributed by atoms with Crippen LogP contribution in [0.3, 0.4) is 0 Å². The Balaban J connectivity index is 1.86. The Bertz CT molecular complexity index is 680. The van der Waals surface area contributed by atoms with Crippen LogP contribution in [-0.2, 0) is 11.3 Å². The summed E-state index contributed by atoms with van der Waals surface area (Å²) in [4.78, 5) is 23.5. The molecule has 2 aromatic rings. The van der Waals surface area contributed by atoms with E-state index in [1.165, 1.54) is 4.57 Å². The first kappa shape index (κ1) is 12.7. The molecule has 1 heterocycles. The maximum Gasteiger partial charge on any atom is 0.442 e. The van der Waals surface area contributed by atoms with E-state index in [1.807, 2.05) is 31.2 Å². The van der Waals surface area contributed by atoms with Crippen LogP contribution in [0.5, 0.6) is 0 Å². The van der Waals surface area contributed by atoms with Crippen molar-refractivity contribution in [2.24, 2.45) is 0 Å². The third-order valence-electron chi connectivity index (χ3n) is 3.24. The van der Waals surface area contributed by atoms with E-state index in [0.717, 1.165) is 24.0 Å². The van der Waals surface area contributed by atoms with Gasteiger partial charge in [0, 0.05) is 11.6 Å². The summed E-state index contributed by atoms with van der Waals surface area (Å²) in [6.45, 7) is 1.91. The number of aromatic nitrogens is 2. The molecule has 1 aromatic heterocycles. The summed E-state index contributed by atoms with van der Waals surface area (Å²) in [6.07, 6.45) is 2.02. The van der Waals surface area contributed by atoms with Gasteiger partial charge in [-0.2, -0.15) is 0 Å². The predicted molar refractivity (Wildman–Crippen MR) is 72.1 cm³/mol. The number of aryl methyl sites for hydroxylation is 1. The van der Waals surface area contributed by atoms with Crippen molar-refractivity contribution in [2.75, 3.05) is 0 Å². The molecule has 1 amide bonds. The number of rotatable bonds is 4. The maximum absolute atomic E-state index is 11.8. The van der Waals surface area contributed by atoms with Gasteiger partial charge in [0.15, 0.2) is 5.82 Å². The minimum atomic E-state index is -0.619. The van der Waals surface area contributed by atoms with Crippen molar-refractivity contribution in [3.63, 3.8) is 0 Å². The number of amides is 1. The highest BCUT2D eigenvalue weighted by atomic mass is 16.5. The zero-order valence-corrected chi connectivity index (χ0v) is 11.1.